The largest absolute Gasteiger partial charge is 0.367 e. The van der Waals surface area contributed by atoms with Crippen molar-refractivity contribution in [3.63, 3.8) is 0 Å². The van der Waals surface area contributed by atoms with E-state index in [1.807, 2.05) is 14.0 Å². The lowest BCUT2D eigenvalue weighted by atomic mass is 9.79. The van der Waals surface area contributed by atoms with E-state index in [0.717, 1.165) is 49.9 Å². The van der Waals surface area contributed by atoms with Crippen LogP contribution in [0.5, 0.6) is 0 Å². The summed E-state index contributed by atoms with van der Waals surface area (Å²) in [6.07, 6.45) is 6.17. The first-order valence-corrected chi connectivity index (χ1v) is 7.82. The fourth-order valence-electron chi connectivity index (χ4n) is 2.90. The van der Waals surface area contributed by atoms with E-state index in [0.29, 0.717) is 6.61 Å². The Kier molecular flexibility index (Phi) is 5.54. The van der Waals surface area contributed by atoms with Crippen LogP contribution < -0.4 is 5.32 Å². The van der Waals surface area contributed by atoms with Crippen LogP contribution in [-0.2, 0) is 16.8 Å². The number of hydrogen-bond acceptors (Lipinski definition) is 5. The summed E-state index contributed by atoms with van der Waals surface area (Å²) in [5.41, 5.74) is -0.313. The third-order valence-corrected chi connectivity index (χ3v) is 4.20. The fourth-order valence-corrected chi connectivity index (χ4v) is 2.90. The van der Waals surface area contributed by atoms with Gasteiger partial charge in [-0.3, -0.25) is 0 Å². The molecule has 1 N–H and O–H groups in total. The molecular weight excluding hydrogens is 254 g/mol. The van der Waals surface area contributed by atoms with Gasteiger partial charge in [0.2, 0.25) is 11.7 Å². The van der Waals surface area contributed by atoms with Gasteiger partial charge in [-0.25, -0.2) is 0 Å². The molecule has 1 aromatic rings. The zero-order valence-electron chi connectivity index (χ0n) is 12.9. The van der Waals surface area contributed by atoms with Gasteiger partial charge in [-0.2, -0.15) is 4.98 Å². The fraction of sp³-hybridized carbons (Fsp3) is 0.867. The van der Waals surface area contributed by atoms with E-state index in [1.54, 1.807) is 0 Å². The number of nitrogens with one attached hydrogen (secondary N) is 1. The Bertz CT molecular complexity index is 398. The Morgan fingerprint density at radius 1 is 1.40 bits per heavy atom. The maximum Gasteiger partial charge on any atom is 0.226 e. The van der Waals surface area contributed by atoms with Crippen molar-refractivity contribution in [1.29, 1.82) is 0 Å². The van der Waals surface area contributed by atoms with Gasteiger partial charge < -0.3 is 14.6 Å². The summed E-state index contributed by atoms with van der Waals surface area (Å²) in [7, 11) is 1.95. The number of nitrogens with zero attached hydrogens (tertiary/aromatic N) is 2. The van der Waals surface area contributed by atoms with Crippen LogP contribution in [0.4, 0.5) is 0 Å². The van der Waals surface area contributed by atoms with Gasteiger partial charge in [0.15, 0.2) is 0 Å². The quantitative estimate of drug-likeness (QED) is 0.779. The van der Waals surface area contributed by atoms with E-state index in [4.69, 9.17) is 9.26 Å². The van der Waals surface area contributed by atoms with Gasteiger partial charge in [-0.15, -0.1) is 0 Å². The average Bonchev–Trinajstić information content (AvgIpc) is 2.92. The molecule has 0 amide bonds. The second-order valence-corrected chi connectivity index (χ2v) is 5.83. The van der Waals surface area contributed by atoms with Crippen LogP contribution in [0.15, 0.2) is 4.52 Å². The first kappa shape index (κ1) is 15.4. The zero-order chi connectivity index (χ0) is 14.4. The lowest BCUT2D eigenvalue weighted by molar-refractivity contribution is -0.0847. The SMILES string of the molecule is CCOC1(c2noc(CCCNC)n2)CCC(C)CC1. The Morgan fingerprint density at radius 2 is 2.15 bits per heavy atom. The molecule has 1 heterocycles. The molecule has 0 atom stereocenters. The van der Waals surface area contributed by atoms with Gasteiger partial charge in [0.05, 0.1) is 0 Å². The lowest BCUT2D eigenvalue weighted by Gasteiger charge is -2.36. The number of ether oxygens (including phenoxy) is 1. The van der Waals surface area contributed by atoms with Crippen LogP contribution in [-0.4, -0.2) is 30.3 Å². The smallest absolute Gasteiger partial charge is 0.226 e. The second kappa shape index (κ2) is 7.18. The highest BCUT2D eigenvalue weighted by atomic mass is 16.5. The van der Waals surface area contributed by atoms with Crippen molar-refractivity contribution >= 4 is 0 Å². The molecule has 2 rings (SSSR count). The van der Waals surface area contributed by atoms with E-state index < -0.39 is 0 Å². The maximum atomic E-state index is 6.05. The third kappa shape index (κ3) is 3.58. The van der Waals surface area contributed by atoms with E-state index in [9.17, 15) is 0 Å². The predicted octanol–water partition coefficient (Wildman–Crippen LogP) is 2.66. The molecule has 1 aromatic heterocycles. The molecule has 1 aliphatic carbocycles. The summed E-state index contributed by atoms with van der Waals surface area (Å²) < 4.78 is 11.4. The van der Waals surface area contributed by atoms with Gasteiger partial charge >= 0.3 is 0 Å². The average molecular weight is 281 g/mol. The molecule has 1 aliphatic rings. The summed E-state index contributed by atoms with van der Waals surface area (Å²) in [6.45, 7) is 5.99. The number of aromatic nitrogens is 2. The van der Waals surface area contributed by atoms with E-state index in [1.165, 1.54) is 12.8 Å². The van der Waals surface area contributed by atoms with E-state index in [-0.39, 0.29) is 5.60 Å². The van der Waals surface area contributed by atoms with Gasteiger partial charge in [0.1, 0.15) is 5.60 Å². The minimum atomic E-state index is -0.313. The summed E-state index contributed by atoms with van der Waals surface area (Å²) in [4.78, 5) is 4.59. The van der Waals surface area contributed by atoms with Crippen LogP contribution in [0.25, 0.3) is 0 Å². The van der Waals surface area contributed by atoms with Crippen molar-refractivity contribution in [3.05, 3.63) is 11.7 Å². The molecule has 0 unspecified atom stereocenters. The van der Waals surface area contributed by atoms with Crippen LogP contribution in [0.1, 0.15) is 57.7 Å². The van der Waals surface area contributed by atoms with Crippen LogP contribution in [0.3, 0.4) is 0 Å². The van der Waals surface area contributed by atoms with Gasteiger partial charge in [0.25, 0.3) is 0 Å². The van der Waals surface area contributed by atoms with Crippen LogP contribution >= 0.6 is 0 Å². The molecule has 20 heavy (non-hydrogen) atoms. The summed E-state index contributed by atoms with van der Waals surface area (Å²) in [5, 5.41) is 7.33. The maximum absolute atomic E-state index is 6.05. The first-order chi connectivity index (χ1) is 9.70. The number of aryl methyl sites for hydroxylation is 1. The zero-order valence-corrected chi connectivity index (χ0v) is 12.9. The molecule has 0 aliphatic heterocycles. The van der Waals surface area contributed by atoms with Crippen molar-refractivity contribution in [2.75, 3.05) is 20.2 Å². The third-order valence-electron chi connectivity index (χ3n) is 4.20. The van der Waals surface area contributed by atoms with Crippen LogP contribution in [0, 0.1) is 5.92 Å². The summed E-state index contributed by atoms with van der Waals surface area (Å²) in [6, 6.07) is 0. The molecule has 0 bridgehead atoms. The van der Waals surface area contributed by atoms with Gasteiger partial charge in [-0.1, -0.05) is 12.1 Å². The molecule has 5 heteroatoms. The van der Waals surface area contributed by atoms with Crippen molar-refractivity contribution in [3.8, 4) is 0 Å². The Labute approximate surface area is 121 Å². The number of rotatable bonds is 7. The monoisotopic (exact) mass is 281 g/mol. The normalized spacial score (nSPS) is 26.9. The lowest BCUT2D eigenvalue weighted by Crippen LogP contribution is -2.35. The van der Waals surface area contributed by atoms with E-state index >= 15 is 0 Å². The Balaban J connectivity index is 2.05. The summed E-state index contributed by atoms with van der Waals surface area (Å²) in [5.74, 6) is 2.25. The number of hydrogen-bond donors (Lipinski definition) is 1. The Hall–Kier alpha value is -0.940. The summed E-state index contributed by atoms with van der Waals surface area (Å²) >= 11 is 0. The topological polar surface area (TPSA) is 60.2 Å². The molecule has 114 valence electrons. The van der Waals surface area contributed by atoms with Crippen molar-refractivity contribution in [2.24, 2.45) is 5.92 Å². The van der Waals surface area contributed by atoms with Crippen molar-refractivity contribution in [1.82, 2.24) is 15.5 Å². The van der Waals surface area contributed by atoms with Crippen LogP contribution in [0.2, 0.25) is 0 Å². The highest BCUT2D eigenvalue weighted by Crippen LogP contribution is 2.41. The van der Waals surface area contributed by atoms with Crippen molar-refractivity contribution < 1.29 is 9.26 Å². The van der Waals surface area contributed by atoms with Crippen molar-refractivity contribution in [2.45, 2.75) is 58.0 Å². The Morgan fingerprint density at radius 3 is 2.80 bits per heavy atom. The minimum Gasteiger partial charge on any atom is -0.367 e. The van der Waals surface area contributed by atoms with Gasteiger partial charge in [0, 0.05) is 13.0 Å². The molecule has 0 aromatic carbocycles. The van der Waals surface area contributed by atoms with Gasteiger partial charge in [-0.05, 0) is 58.5 Å². The predicted molar refractivity (Wildman–Crippen MR) is 77.5 cm³/mol. The first-order valence-electron chi connectivity index (χ1n) is 7.82. The van der Waals surface area contributed by atoms with E-state index in [2.05, 4.69) is 22.4 Å². The molecule has 1 fully saturated rings. The highest BCUT2D eigenvalue weighted by molar-refractivity contribution is 5.04. The molecule has 1 saturated carbocycles. The molecule has 5 nitrogen and oxygen atoms in total. The standard InChI is InChI=1S/C15H27N3O2/c1-4-19-15(9-7-12(2)8-10-15)14-17-13(20-18-14)6-5-11-16-3/h12,16H,4-11H2,1-3H3. The second-order valence-electron chi connectivity index (χ2n) is 5.83. The molecular formula is C15H27N3O2. The molecule has 0 saturated heterocycles. The molecule has 0 spiro atoms. The molecule has 0 radical (unpaired) electrons. The minimum absolute atomic E-state index is 0.313. The highest BCUT2D eigenvalue weighted by Gasteiger charge is 2.40.